The number of aromatic nitrogens is 1. The molecule has 3 rings (SSSR count). The predicted molar refractivity (Wildman–Crippen MR) is 74.5 cm³/mol. The summed E-state index contributed by atoms with van der Waals surface area (Å²) in [6.45, 7) is -1.15. The Morgan fingerprint density at radius 3 is 2.64 bits per heavy atom. The molecule has 1 aromatic heterocycles. The fourth-order valence-electron chi connectivity index (χ4n) is 2.78. The first-order valence-corrected chi connectivity index (χ1v) is 6.97. The van der Waals surface area contributed by atoms with Crippen molar-refractivity contribution in [3.05, 3.63) is 29.7 Å². The molecule has 1 atom stereocenters. The molecule has 0 saturated heterocycles. The summed E-state index contributed by atoms with van der Waals surface area (Å²) in [5.74, 6) is -1.72. The molecular weight excluding hydrogens is 297 g/mol. The van der Waals surface area contributed by atoms with Crippen LogP contribution in [-0.4, -0.2) is 17.1 Å². The Bertz CT molecular complexity index is 738. The van der Waals surface area contributed by atoms with Gasteiger partial charge in [-0.3, -0.25) is 4.79 Å². The molecule has 0 spiro atoms. The molecule has 1 amide bonds. The van der Waals surface area contributed by atoms with Gasteiger partial charge in [-0.05, 0) is 31.7 Å². The van der Waals surface area contributed by atoms with Gasteiger partial charge in [-0.2, -0.15) is 8.78 Å². The lowest BCUT2D eigenvalue weighted by atomic mass is 10.1. The molecule has 1 aliphatic rings. The molecule has 118 valence electrons. The van der Waals surface area contributed by atoms with Gasteiger partial charge >= 0.3 is 6.61 Å². The van der Waals surface area contributed by atoms with Crippen molar-refractivity contribution < 1.29 is 22.7 Å². The van der Waals surface area contributed by atoms with Gasteiger partial charge in [0.1, 0.15) is 0 Å². The third-order valence-electron chi connectivity index (χ3n) is 4.11. The van der Waals surface area contributed by atoms with Gasteiger partial charge in [-0.15, -0.1) is 0 Å². The van der Waals surface area contributed by atoms with Crippen molar-refractivity contribution in [1.82, 2.24) is 4.57 Å². The topological polar surface area (TPSA) is 57.2 Å². The molecule has 0 bridgehead atoms. The zero-order valence-corrected chi connectivity index (χ0v) is 11.9. The lowest BCUT2D eigenvalue weighted by Gasteiger charge is -2.15. The van der Waals surface area contributed by atoms with Gasteiger partial charge in [-0.1, -0.05) is 0 Å². The van der Waals surface area contributed by atoms with E-state index in [-0.39, 0.29) is 11.6 Å². The van der Waals surface area contributed by atoms with Crippen LogP contribution >= 0.6 is 0 Å². The fraction of sp³-hybridized carbons (Fsp3) is 0.400. The predicted octanol–water partition coefficient (Wildman–Crippen LogP) is 3.45. The van der Waals surface area contributed by atoms with Crippen molar-refractivity contribution in [2.75, 3.05) is 0 Å². The standard InChI is InChI=1S/C15H15F3N2O2/c1-7(8-2-3-8)20-6-10(14(19)21)9-4-11(16)13(5-12(9)20)22-15(17)18/h4-8,15H,2-3H2,1H3,(H2,19,21)/t7-/m0/s1. The second kappa shape index (κ2) is 5.23. The van der Waals surface area contributed by atoms with Crippen LogP contribution in [0.5, 0.6) is 5.75 Å². The van der Waals surface area contributed by atoms with E-state index in [1.165, 1.54) is 6.07 Å². The Hall–Kier alpha value is -2.18. The highest BCUT2D eigenvalue weighted by atomic mass is 19.3. The van der Waals surface area contributed by atoms with Crippen LogP contribution in [-0.2, 0) is 0 Å². The summed E-state index contributed by atoms with van der Waals surface area (Å²) in [5.41, 5.74) is 5.96. The zero-order valence-electron chi connectivity index (χ0n) is 11.9. The molecule has 0 radical (unpaired) electrons. The van der Waals surface area contributed by atoms with Crippen molar-refractivity contribution in [3.63, 3.8) is 0 Å². The second-order valence-corrected chi connectivity index (χ2v) is 5.57. The lowest BCUT2D eigenvalue weighted by Crippen LogP contribution is -2.11. The number of hydrogen-bond donors (Lipinski definition) is 1. The number of fused-ring (bicyclic) bond motifs is 1. The quantitative estimate of drug-likeness (QED) is 0.919. The lowest BCUT2D eigenvalue weighted by molar-refractivity contribution is -0.0521. The summed E-state index contributed by atoms with van der Waals surface area (Å²) in [5, 5.41) is 0.305. The van der Waals surface area contributed by atoms with E-state index in [1.807, 2.05) is 6.92 Å². The van der Waals surface area contributed by atoms with Gasteiger partial charge in [0.2, 0.25) is 0 Å². The van der Waals surface area contributed by atoms with Crippen LogP contribution in [0.2, 0.25) is 0 Å². The van der Waals surface area contributed by atoms with Gasteiger partial charge in [-0.25, -0.2) is 4.39 Å². The first-order chi connectivity index (χ1) is 10.4. The van der Waals surface area contributed by atoms with Gasteiger partial charge < -0.3 is 15.0 Å². The van der Waals surface area contributed by atoms with Crippen molar-refractivity contribution in [3.8, 4) is 5.75 Å². The Labute approximate surface area is 124 Å². The summed E-state index contributed by atoms with van der Waals surface area (Å²) < 4.78 is 44.6. The highest BCUT2D eigenvalue weighted by Gasteiger charge is 2.31. The molecule has 0 aliphatic heterocycles. The SMILES string of the molecule is C[C@@H](C1CC1)n1cc(C(N)=O)c2cc(F)c(OC(F)F)cc21. The van der Waals surface area contributed by atoms with Crippen LogP contribution in [0.1, 0.15) is 36.2 Å². The number of carbonyl (C=O) groups is 1. The molecule has 1 saturated carbocycles. The second-order valence-electron chi connectivity index (χ2n) is 5.57. The van der Waals surface area contributed by atoms with E-state index in [0.29, 0.717) is 16.8 Å². The van der Waals surface area contributed by atoms with E-state index >= 15 is 0 Å². The summed E-state index contributed by atoms with van der Waals surface area (Å²) >= 11 is 0. The molecule has 1 heterocycles. The number of alkyl halides is 2. The number of nitrogens with zero attached hydrogens (tertiary/aromatic N) is 1. The molecule has 2 aromatic rings. The van der Waals surface area contributed by atoms with Gasteiger partial charge in [0.15, 0.2) is 11.6 Å². The third-order valence-corrected chi connectivity index (χ3v) is 4.11. The Balaban J connectivity index is 2.18. The number of primary amides is 1. The molecule has 7 heteroatoms. The van der Waals surface area contributed by atoms with E-state index in [1.54, 1.807) is 10.8 Å². The highest BCUT2D eigenvalue weighted by molar-refractivity contribution is 6.06. The smallest absolute Gasteiger partial charge is 0.387 e. The minimum Gasteiger partial charge on any atom is -0.432 e. The van der Waals surface area contributed by atoms with Crippen molar-refractivity contribution >= 4 is 16.8 Å². The molecule has 22 heavy (non-hydrogen) atoms. The number of nitrogens with two attached hydrogens (primary N) is 1. The number of ether oxygens (including phenoxy) is 1. The Morgan fingerprint density at radius 2 is 2.09 bits per heavy atom. The zero-order chi connectivity index (χ0) is 16.0. The van der Waals surface area contributed by atoms with Crippen molar-refractivity contribution in [2.24, 2.45) is 11.7 Å². The van der Waals surface area contributed by atoms with Gasteiger partial charge in [0, 0.05) is 23.7 Å². The summed E-state index contributed by atoms with van der Waals surface area (Å²) in [6, 6.07) is 2.28. The van der Waals surface area contributed by atoms with Crippen LogP contribution in [0, 0.1) is 11.7 Å². The first kappa shape index (κ1) is 14.7. The van der Waals surface area contributed by atoms with E-state index in [9.17, 15) is 18.0 Å². The summed E-state index contributed by atoms with van der Waals surface area (Å²) in [7, 11) is 0. The van der Waals surface area contributed by atoms with E-state index in [0.717, 1.165) is 18.9 Å². The average molecular weight is 312 g/mol. The molecule has 2 N–H and O–H groups in total. The number of halogens is 3. The number of rotatable bonds is 5. The van der Waals surface area contributed by atoms with E-state index in [4.69, 9.17) is 5.73 Å². The first-order valence-electron chi connectivity index (χ1n) is 6.97. The van der Waals surface area contributed by atoms with Crippen LogP contribution in [0.15, 0.2) is 18.3 Å². The Morgan fingerprint density at radius 1 is 1.41 bits per heavy atom. The van der Waals surface area contributed by atoms with E-state index in [2.05, 4.69) is 4.74 Å². The minimum absolute atomic E-state index is 0.0699. The van der Waals surface area contributed by atoms with Crippen LogP contribution in [0.4, 0.5) is 13.2 Å². The van der Waals surface area contributed by atoms with Gasteiger partial charge in [0.05, 0.1) is 11.1 Å². The molecule has 4 nitrogen and oxygen atoms in total. The maximum absolute atomic E-state index is 13.9. The van der Waals surface area contributed by atoms with Crippen LogP contribution in [0.3, 0.4) is 0 Å². The maximum Gasteiger partial charge on any atom is 0.387 e. The molecular formula is C15H15F3N2O2. The number of carbonyl (C=O) groups excluding carboxylic acids is 1. The van der Waals surface area contributed by atoms with Crippen molar-refractivity contribution in [2.45, 2.75) is 32.4 Å². The van der Waals surface area contributed by atoms with Crippen LogP contribution < -0.4 is 10.5 Å². The Kier molecular flexibility index (Phi) is 3.50. The molecule has 0 unspecified atom stereocenters. The number of amides is 1. The molecule has 1 fully saturated rings. The van der Waals surface area contributed by atoms with Crippen molar-refractivity contribution in [1.29, 1.82) is 0 Å². The van der Waals surface area contributed by atoms with Crippen LogP contribution in [0.25, 0.3) is 10.9 Å². The average Bonchev–Trinajstić information content (AvgIpc) is 3.20. The molecule has 1 aromatic carbocycles. The number of hydrogen-bond acceptors (Lipinski definition) is 2. The van der Waals surface area contributed by atoms with Gasteiger partial charge in [0.25, 0.3) is 5.91 Å². The maximum atomic E-state index is 13.9. The fourth-order valence-corrected chi connectivity index (χ4v) is 2.78. The van der Waals surface area contributed by atoms with E-state index < -0.39 is 24.1 Å². The largest absolute Gasteiger partial charge is 0.432 e. The monoisotopic (exact) mass is 312 g/mol. The number of benzene rings is 1. The molecule has 1 aliphatic carbocycles. The normalized spacial score (nSPS) is 16.2. The highest BCUT2D eigenvalue weighted by Crippen LogP contribution is 2.42. The summed E-state index contributed by atoms with van der Waals surface area (Å²) in [6.07, 6.45) is 3.68. The minimum atomic E-state index is -3.12. The summed E-state index contributed by atoms with van der Waals surface area (Å²) in [4.78, 5) is 11.5. The third kappa shape index (κ3) is 2.51.